The molecule has 14 atom stereocenters. The number of aromatic hydroxyl groups is 1. The number of anilines is 2. The fourth-order valence-electron chi connectivity index (χ4n) is 13.1. The van der Waals surface area contributed by atoms with Crippen LogP contribution in [0.5, 0.6) is 5.88 Å². The molecule has 17 N–H and O–H groups in total. The summed E-state index contributed by atoms with van der Waals surface area (Å²) in [6, 6.07) is -3.12. The maximum Gasteiger partial charge on any atom is 0.407 e. The number of aromatic nitrogens is 7. The number of nitrogens with two attached hydrogens (primary N) is 1. The number of aliphatic hydroxyl groups excluding tert-OH is 1. The highest BCUT2D eigenvalue weighted by Gasteiger charge is 2.40. The summed E-state index contributed by atoms with van der Waals surface area (Å²) in [4.78, 5) is 222. The molecule has 1 saturated heterocycles. The van der Waals surface area contributed by atoms with Crippen molar-refractivity contribution < 1.29 is 137 Å². The van der Waals surface area contributed by atoms with Gasteiger partial charge in [0.15, 0.2) is 22.7 Å². The highest BCUT2D eigenvalue weighted by molar-refractivity contribution is 6.01. The number of carbonyl (C=O) groups is 16. The quantitative estimate of drug-likeness (QED) is 0.0171. The number of amides is 5. The smallest absolute Gasteiger partial charge is 0.407 e. The number of benzene rings is 1. The van der Waals surface area contributed by atoms with Gasteiger partial charge in [-0.15, -0.1) is 5.10 Å². The van der Waals surface area contributed by atoms with E-state index in [1.54, 1.807) is 18.2 Å². The number of cyclic esters (lactones) is 1. The second-order valence-electron chi connectivity index (χ2n) is 29.4. The number of aliphatic carboxylic acids is 7. The summed E-state index contributed by atoms with van der Waals surface area (Å²) in [7, 11) is 0. The Morgan fingerprint density at radius 1 is 0.697 bits per heavy atom. The lowest BCUT2D eigenvalue weighted by Gasteiger charge is -2.39. The van der Waals surface area contributed by atoms with Crippen LogP contribution in [0.15, 0.2) is 109 Å². The van der Waals surface area contributed by atoms with Gasteiger partial charge in [0.05, 0.1) is 117 Å². The van der Waals surface area contributed by atoms with E-state index in [0.29, 0.717) is 29.9 Å². The molecule has 1 fully saturated rings. The van der Waals surface area contributed by atoms with Crippen LogP contribution in [-0.2, 0) is 101 Å². The first-order chi connectivity index (χ1) is 57.7. The molecule has 0 unspecified atom stereocenters. The first-order valence-corrected chi connectivity index (χ1v) is 38.7. The molecule has 5 heterocycles. The molecule has 0 saturated carbocycles. The maximum absolute atomic E-state index is 13.9. The highest BCUT2D eigenvalue weighted by Crippen LogP contribution is 2.30. The minimum atomic E-state index is -2.22. The predicted octanol–water partition coefficient (Wildman–Crippen LogP) is 3.26. The van der Waals surface area contributed by atoms with Crippen LogP contribution in [-0.4, -0.2) is 237 Å². The van der Waals surface area contributed by atoms with Gasteiger partial charge in [-0.2, -0.15) is 9.97 Å². The normalized spacial score (nSPS) is 18.3. The van der Waals surface area contributed by atoms with E-state index in [4.69, 9.17) is 19.9 Å². The number of alkyl carbamates (subject to hydrolysis) is 1. The zero-order chi connectivity index (χ0) is 90.0. The number of Topliss-reactive ketones (excluding diaryl/α,β-unsaturated/α-hetero) is 3. The number of esters is 1. The SMILES string of the molecule is C/C=C/[C@@H]1O[C@H]([C@@H](/C=C/C=C(\C)C[C@@H](C)/C=C(C)\C=C\[C@H]2CC=CC(=O)O2)NC(=O)OCCc2cn(CCC[C@H](NC(=O)[C@@H](CC(=O)O)CC(=O)[C@@H](CC(=O)O)NC(=O)[C@@H](CC(=O)O)CC(=O)[C@@H](CC(=O)O)NC(=O)[C@@H](CC(=O)O)CC(=O)CC[C@H](NC(=O)c3ccc(NCc4cnc5nc(N)nc(O)c5n4)cc3)C(=O)O)C(=O)O)nn2)C[C@@H](O)[C@@H]1C. The van der Waals surface area contributed by atoms with Gasteiger partial charge in [0.2, 0.25) is 29.5 Å². The molecule has 5 amide bonds. The third-order valence-electron chi connectivity index (χ3n) is 19.3. The molecule has 42 heteroatoms. The van der Waals surface area contributed by atoms with Crippen LogP contribution in [0.2, 0.25) is 0 Å². The number of fused-ring (bicyclic) bond motifs is 1. The fraction of sp³-hybridized carbons (Fsp3) is 0.475. The number of aryl methyl sites for hydroxylation is 1. The number of rotatable bonds is 51. The molecule has 0 aliphatic carbocycles. The summed E-state index contributed by atoms with van der Waals surface area (Å²) in [5.41, 5.74) is 8.68. The largest absolute Gasteiger partial charge is 0.492 e. The van der Waals surface area contributed by atoms with Crippen LogP contribution in [0.4, 0.5) is 16.4 Å². The number of ether oxygens (including phenoxy) is 3. The molecule has 658 valence electrons. The third-order valence-corrected chi connectivity index (χ3v) is 19.3. The van der Waals surface area contributed by atoms with Crippen molar-refractivity contribution in [1.29, 1.82) is 0 Å². The number of nitrogen functional groups attached to an aromatic ring is 1. The van der Waals surface area contributed by atoms with Crippen LogP contribution in [0, 0.1) is 29.6 Å². The number of carboxylic acid groups (broad SMARTS) is 7. The molecule has 0 radical (unpaired) electrons. The van der Waals surface area contributed by atoms with Crippen molar-refractivity contribution in [3.63, 3.8) is 0 Å². The van der Waals surface area contributed by atoms with Crippen molar-refractivity contribution in [1.82, 2.24) is 61.5 Å². The molecular weight excluding hydrogens is 1600 g/mol. The average Bonchev–Trinajstić information content (AvgIpc) is 0.818. The zero-order valence-corrected chi connectivity index (χ0v) is 67.2. The van der Waals surface area contributed by atoms with Crippen LogP contribution >= 0.6 is 0 Å². The molecule has 122 heavy (non-hydrogen) atoms. The van der Waals surface area contributed by atoms with Gasteiger partial charge in [-0.25, -0.2) is 29.1 Å². The zero-order valence-electron chi connectivity index (χ0n) is 67.2. The molecule has 6 rings (SSSR count). The second kappa shape index (κ2) is 47.9. The summed E-state index contributed by atoms with van der Waals surface area (Å²) in [5.74, 6) is -28.2. The Kier molecular flexibility index (Phi) is 38.2. The van der Waals surface area contributed by atoms with Crippen molar-refractivity contribution in [2.24, 2.45) is 29.6 Å². The Morgan fingerprint density at radius 3 is 1.85 bits per heavy atom. The van der Waals surface area contributed by atoms with Gasteiger partial charge in [-0.05, 0) is 82.7 Å². The Bertz CT molecular complexity index is 4670. The number of aliphatic hydroxyl groups is 1. The minimum absolute atomic E-state index is 0.0131. The number of ketones is 3. The van der Waals surface area contributed by atoms with E-state index >= 15 is 0 Å². The van der Waals surface area contributed by atoms with Gasteiger partial charge in [-0.1, -0.05) is 78.8 Å². The van der Waals surface area contributed by atoms with E-state index in [9.17, 15) is 123 Å². The van der Waals surface area contributed by atoms with Gasteiger partial charge in [0, 0.05) is 80.9 Å². The van der Waals surface area contributed by atoms with Crippen LogP contribution in [0.25, 0.3) is 11.2 Å². The number of carboxylic acids is 7. The van der Waals surface area contributed by atoms with Crippen molar-refractivity contribution in [3.05, 3.63) is 126 Å². The molecule has 4 aromatic rings. The maximum atomic E-state index is 13.9. The Hall–Kier alpha value is -13.5. The predicted molar refractivity (Wildman–Crippen MR) is 425 cm³/mol. The summed E-state index contributed by atoms with van der Waals surface area (Å²) in [6.07, 6.45) is 8.03. The van der Waals surface area contributed by atoms with E-state index in [1.807, 2.05) is 68.7 Å². The standard InChI is InChI=1S/C80H100N14O28/c1-6-10-62-44(5)59(96)37-63(122-62)54(13-7-11-41(2)27-43(4)28-42(3)16-22-53-12-8-15-69(109)121-53)89-80(119)120-26-24-50-40-94(93-92-50)25-9-14-55(77(115)116)85-74(112)47(33-65(101)102)30-60(97)58(36-68(107)108)88-75(113)48(34-66(103)104)31-61(98)57(35-67(105)106)87-73(111)46(32-64(99)100)29-52(95)21-23-56(78(117)118)86-72(110)45-17-19-49(20-18-45)82-38-51-39-83-71-70(84-51)76(114)91-79(81)90-71/h6-8,10-11,13,15-20,22,28,39-40,43-44,46-48,53-59,62-63,82,96H,9,12,14,21,23-27,29-38H2,1-5H3,(H,85,112)(H,86,110)(H,87,111)(H,88,113)(H,89,119)(H,99,100)(H,101,102)(H,103,104)(H,105,106)(H,107,108)(H,115,116)(H,117,118)(H3,81,83,90,91,114)/b10-6+,13-7+,22-16+,41-11+,42-28-/t43-,44+,46-,47-,48-,53-,54-,55+,56+,57-,58-,59-,62+,63+/m1/s1. The first-order valence-electron chi connectivity index (χ1n) is 38.7. The number of nitrogens with zero attached hydrogens (tertiary/aromatic N) is 7. The minimum Gasteiger partial charge on any atom is -0.492 e. The Balaban J connectivity index is 1.01. The van der Waals surface area contributed by atoms with Crippen molar-refractivity contribution in [2.75, 3.05) is 17.7 Å². The fourth-order valence-corrected chi connectivity index (χ4v) is 13.1. The van der Waals surface area contributed by atoms with Crippen molar-refractivity contribution in [3.8, 4) is 5.88 Å². The topological polar surface area (TPSA) is 663 Å². The molecule has 3 aromatic heterocycles. The molecular formula is C80H100N14O28. The van der Waals surface area contributed by atoms with E-state index in [-0.39, 0.29) is 92.0 Å². The van der Waals surface area contributed by atoms with Gasteiger partial charge < -0.3 is 97.8 Å². The second-order valence-corrected chi connectivity index (χ2v) is 29.4. The molecule has 0 bridgehead atoms. The van der Waals surface area contributed by atoms with Gasteiger partial charge in [0.1, 0.15) is 24.0 Å². The summed E-state index contributed by atoms with van der Waals surface area (Å²) in [6.45, 7) is 9.52. The molecule has 2 aliphatic heterocycles. The third kappa shape index (κ3) is 33.3. The number of nitrogens with one attached hydrogen (secondary N) is 6. The van der Waals surface area contributed by atoms with Gasteiger partial charge >= 0.3 is 53.8 Å². The lowest BCUT2D eigenvalue weighted by atomic mass is 9.87. The van der Waals surface area contributed by atoms with Gasteiger partial charge in [-0.3, -0.25) is 62.2 Å². The summed E-state index contributed by atoms with van der Waals surface area (Å²) < 4.78 is 18.5. The molecule has 2 aliphatic rings. The first kappa shape index (κ1) is 97.3. The van der Waals surface area contributed by atoms with E-state index in [0.717, 1.165) is 11.1 Å². The summed E-state index contributed by atoms with van der Waals surface area (Å²) in [5, 5.41) is 113. The van der Waals surface area contributed by atoms with Crippen LogP contribution in [0.3, 0.4) is 0 Å². The Labute approximate surface area is 697 Å². The lowest BCUT2D eigenvalue weighted by molar-refractivity contribution is -0.146. The van der Waals surface area contributed by atoms with Gasteiger partial charge in [0.25, 0.3) is 5.91 Å². The lowest BCUT2D eigenvalue weighted by Crippen LogP contribution is -2.51. The van der Waals surface area contributed by atoms with Crippen molar-refractivity contribution in [2.45, 2.75) is 205 Å². The average molecular weight is 1710 g/mol. The van der Waals surface area contributed by atoms with E-state index in [2.05, 4.69) is 64.5 Å². The molecule has 1 aromatic carbocycles. The van der Waals surface area contributed by atoms with E-state index in [1.165, 1.54) is 47.4 Å². The highest BCUT2D eigenvalue weighted by atomic mass is 16.6. The van der Waals surface area contributed by atoms with Crippen molar-refractivity contribution >= 4 is 118 Å². The summed E-state index contributed by atoms with van der Waals surface area (Å²) >= 11 is 0. The molecule has 0 spiro atoms. The number of allylic oxidation sites excluding steroid dienone is 7. The van der Waals surface area contributed by atoms with E-state index < -0.39 is 225 Å². The number of hydrogen-bond acceptors (Lipinski definition) is 29. The van der Waals surface area contributed by atoms with Crippen LogP contribution < -0.4 is 37.6 Å². The van der Waals surface area contributed by atoms with Crippen LogP contribution in [0.1, 0.15) is 153 Å². The Morgan fingerprint density at radius 2 is 1.28 bits per heavy atom. The number of carbonyl (C=O) groups excluding carboxylic acids is 9. The number of hydrogen-bond donors (Lipinski definition) is 16. The monoisotopic (exact) mass is 1700 g/mol. The molecule has 42 nitrogen and oxygen atoms in total.